The number of carboxylic acids is 1. The summed E-state index contributed by atoms with van der Waals surface area (Å²) in [6.07, 6.45) is 0.551. The maximum atomic E-state index is 11.1. The molecule has 4 nitrogen and oxygen atoms in total. The van der Waals surface area contributed by atoms with Crippen molar-refractivity contribution in [3.05, 3.63) is 65.0 Å². The average molecular weight is 267 g/mol. The van der Waals surface area contributed by atoms with Gasteiger partial charge in [-0.3, -0.25) is 0 Å². The van der Waals surface area contributed by atoms with Crippen LogP contribution in [0.5, 0.6) is 0 Å². The average Bonchev–Trinajstić information content (AvgIpc) is 2.80. The topological polar surface area (TPSA) is 63.3 Å². The number of fused-ring (bicyclic) bond motifs is 1. The Bertz CT molecular complexity index is 789. The molecule has 0 aliphatic carbocycles. The first-order valence-electron chi connectivity index (χ1n) is 6.31. The minimum Gasteiger partial charge on any atom is -0.478 e. The first-order chi connectivity index (χ1) is 9.63. The molecule has 100 valence electrons. The minimum absolute atomic E-state index is 0.144. The Morgan fingerprint density at radius 1 is 1.25 bits per heavy atom. The highest BCUT2D eigenvalue weighted by atomic mass is 16.4. The van der Waals surface area contributed by atoms with Crippen LogP contribution in [0.15, 0.2) is 46.9 Å². The van der Waals surface area contributed by atoms with Crippen LogP contribution in [0.3, 0.4) is 0 Å². The fraction of sp³-hybridized carbons (Fsp3) is 0.125. The highest BCUT2D eigenvalue weighted by Gasteiger charge is 2.14. The van der Waals surface area contributed by atoms with Crippen LogP contribution in [0, 0.1) is 6.92 Å². The van der Waals surface area contributed by atoms with E-state index in [9.17, 15) is 4.79 Å². The molecule has 0 atom stereocenters. The monoisotopic (exact) mass is 267 g/mol. The molecule has 1 heterocycles. The van der Waals surface area contributed by atoms with Crippen molar-refractivity contribution in [1.29, 1.82) is 0 Å². The Labute approximate surface area is 115 Å². The van der Waals surface area contributed by atoms with Crippen molar-refractivity contribution in [3.63, 3.8) is 0 Å². The third-order valence-electron chi connectivity index (χ3n) is 3.13. The molecule has 0 aliphatic heterocycles. The van der Waals surface area contributed by atoms with Crippen LogP contribution < -0.4 is 0 Å². The van der Waals surface area contributed by atoms with Crippen LogP contribution in [0.25, 0.3) is 11.1 Å². The van der Waals surface area contributed by atoms with Gasteiger partial charge in [-0.25, -0.2) is 9.78 Å². The minimum atomic E-state index is -1.01. The van der Waals surface area contributed by atoms with E-state index in [4.69, 9.17) is 9.52 Å². The van der Waals surface area contributed by atoms with E-state index in [-0.39, 0.29) is 5.56 Å². The van der Waals surface area contributed by atoms with Crippen molar-refractivity contribution in [2.24, 2.45) is 0 Å². The van der Waals surface area contributed by atoms with Gasteiger partial charge in [0.05, 0.1) is 0 Å². The molecule has 0 fully saturated rings. The van der Waals surface area contributed by atoms with Gasteiger partial charge in [-0.05, 0) is 24.6 Å². The van der Waals surface area contributed by atoms with Crippen LogP contribution in [-0.4, -0.2) is 16.1 Å². The van der Waals surface area contributed by atoms with Crippen molar-refractivity contribution >= 4 is 17.1 Å². The Kier molecular flexibility index (Phi) is 2.99. The molecule has 0 spiro atoms. The second-order valence-electron chi connectivity index (χ2n) is 4.73. The van der Waals surface area contributed by atoms with Gasteiger partial charge in [0.15, 0.2) is 11.5 Å². The zero-order valence-corrected chi connectivity index (χ0v) is 11.0. The molecule has 3 aromatic rings. The molecule has 0 saturated carbocycles. The second-order valence-corrected chi connectivity index (χ2v) is 4.73. The van der Waals surface area contributed by atoms with Crippen LogP contribution in [-0.2, 0) is 6.42 Å². The van der Waals surface area contributed by atoms with Crippen molar-refractivity contribution < 1.29 is 14.3 Å². The number of hydrogen-bond donors (Lipinski definition) is 1. The van der Waals surface area contributed by atoms with E-state index in [1.54, 1.807) is 12.1 Å². The number of benzene rings is 2. The van der Waals surface area contributed by atoms with E-state index < -0.39 is 5.97 Å². The van der Waals surface area contributed by atoms with E-state index in [0.717, 1.165) is 5.56 Å². The molecule has 0 unspecified atom stereocenters. The summed E-state index contributed by atoms with van der Waals surface area (Å²) >= 11 is 0. The van der Waals surface area contributed by atoms with Gasteiger partial charge in [0.2, 0.25) is 0 Å². The molecule has 1 N–H and O–H groups in total. The molecule has 4 heteroatoms. The third kappa shape index (κ3) is 2.28. The molecule has 0 saturated heterocycles. The van der Waals surface area contributed by atoms with E-state index in [1.807, 2.05) is 25.1 Å². The van der Waals surface area contributed by atoms with Gasteiger partial charge < -0.3 is 9.52 Å². The fourth-order valence-electron chi connectivity index (χ4n) is 2.24. The Morgan fingerprint density at radius 3 is 2.80 bits per heavy atom. The fourth-order valence-corrected chi connectivity index (χ4v) is 2.24. The molecular formula is C16H13NO3. The first kappa shape index (κ1) is 12.4. The van der Waals surface area contributed by atoms with Crippen molar-refractivity contribution in [3.8, 4) is 0 Å². The van der Waals surface area contributed by atoms with Gasteiger partial charge in [-0.15, -0.1) is 0 Å². The van der Waals surface area contributed by atoms with Gasteiger partial charge in [0.1, 0.15) is 11.1 Å². The number of oxazole rings is 1. The van der Waals surface area contributed by atoms with Crippen LogP contribution in [0.1, 0.15) is 27.4 Å². The molecule has 0 bridgehead atoms. The number of nitrogens with zero attached hydrogens (tertiary/aromatic N) is 1. The number of aryl methyl sites for hydroxylation is 1. The zero-order valence-electron chi connectivity index (χ0n) is 11.0. The summed E-state index contributed by atoms with van der Waals surface area (Å²) in [7, 11) is 0. The van der Waals surface area contributed by atoms with Crippen LogP contribution in [0.4, 0.5) is 0 Å². The predicted molar refractivity (Wildman–Crippen MR) is 75.0 cm³/mol. The normalized spacial score (nSPS) is 10.8. The lowest BCUT2D eigenvalue weighted by Gasteiger charge is -1.98. The van der Waals surface area contributed by atoms with Gasteiger partial charge in [-0.1, -0.05) is 35.9 Å². The number of rotatable bonds is 3. The van der Waals surface area contributed by atoms with Crippen LogP contribution in [0.2, 0.25) is 0 Å². The number of para-hydroxylation sites is 1. The zero-order chi connectivity index (χ0) is 14.1. The number of aromatic carboxylic acids is 1. The Balaban J connectivity index is 2.01. The largest absolute Gasteiger partial charge is 0.478 e. The summed E-state index contributed by atoms with van der Waals surface area (Å²) in [6, 6.07) is 13.0. The second kappa shape index (κ2) is 4.81. The summed E-state index contributed by atoms with van der Waals surface area (Å²) in [5.74, 6) is -0.479. The highest BCUT2D eigenvalue weighted by Crippen LogP contribution is 2.21. The summed E-state index contributed by atoms with van der Waals surface area (Å²) in [4.78, 5) is 15.5. The lowest BCUT2D eigenvalue weighted by atomic mass is 10.1. The Morgan fingerprint density at radius 2 is 2.05 bits per heavy atom. The number of carbonyl (C=O) groups is 1. The quantitative estimate of drug-likeness (QED) is 0.789. The summed E-state index contributed by atoms with van der Waals surface area (Å²) < 4.78 is 5.61. The molecule has 0 aliphatic rings. The van der Waals surface area contributed by atoms with Gasteiger partial charge >= 0.3 is 5.97 Å². The van der Waals surface area contributed by atoms with Crippen LogP contribution >= 0.6 is 0 Å². The van der Waals surface area contributed by atoms with Crippen molar-refractivity contribution in [2.45, 2.75) is 13.3 Å². The molecule has 0 radical (unpaired) electrons. The SMILES string of the molecule is Cc1cccc(Cc2nc3cccc(C(=O)O)c3o2)c1. The standard InChI is InChI=1S/C16H13NO3/c1-10-4-2-5-11(8-10)9-14-17-13-7-3-6-12(16(18)19)15(13)20-14/h2-8H,9H2,1H3,(H,18,19). The van der Waals surface area contributed by atoms with E-state index in [1.165, 1.54) is 11.6 Å². The van der Waals surface area contributed by atoms with Crippen molar-refractivity contribution in [2.75, 3.05) is 0 Å². The lowest BCUT2D eigenvalue weighted by molar-refractivity contribution is 0.0698. The summed E-state index contributed by atoms with van der Waals surface area (Å²) in [5.41, 5.74) is 3.32. The van der Waals surface area contributed by atoms with E-state index in [0.29, 0.717) is 23.4 Å². The molecule has 1 aromatic heterocycles. The van der Waals surface area contributed by atoms with Gasteiger partial charge in [0.25, 0.3) is 0 Å². The van der Waals surface area contributed by atoms with Gasteiger partial charge in [-0.2, -0.15) is 0 Å². The highest BCUT2D eigenvalue weighted by molar-refractivity contribution is 5.99. The maximum Gasteiger partial charge on any atom is 0.339 e. The molecule has 20 heavy (non-hydrogen) atoms. The maximum absolute atomic E-state index is 11.1. The van der Waals surface area contributed by atoms with Gasteiger partial charge in [0, 0.05) is 6.42 Å². The first-order valence-corrected chi connectivity index (χ1v) is 6.31. The number of hydrogen-bond acceptors (Lipinski definition) is 3. The Hall–Kier alpha value is -2.62. The number of carboxylic acid groups (broad SMARTS) is 1. The molecular weight excluding hydrogens is 254 g/mol. The third-order valence-corrected chi connectivity index (χ3v) is 3.13. The predicted octanol–water partition coefficient (Wildman–Crippen LogP) is 3.43. The molecule has 0 amide bonds. The lowest BCUT2D eigenvalue weighted by Crippen LogP contribution is -1.95. The molecule has 3 rings (SSSR count). The molecule has 2 aromatic carbocycles. The smallest absolute Gasteiger partial charge is 0.339 e. The van der Waals surface area contributed by atoms with E-state index in [2.05, 4.69) is 11.1 Å². The summed E-state index contributed by atoms with van der Waals surface area (Å²) in [5, 5.41) is 9.13. The summed E-state index contributed by atoms with van der Waals surface area (Å²) in [6.45, 7) is 2.03. The van der Waals surface area contributed by atoms with E-state index >= 15 is 0 Å². The van der Waals surface area contributed by atoms with Crippen molar-refractivity contribution in [1.82, 2.24) is 4.98 Å². The number of aromatic nitrogens is 1.